The van der Waals surface area contributed by atoms with Crippen LogP contribution >= 0.6 is 12.6 Å². The summed E-state index contributed by atoms with van der Waals surface area (Å²) in [5.41, 5.74) is 6.80. The van der Waals surface area contributed by atoms with E-state index in [1.165, 1.54) is 5.57 Å². The van der Waals surface area contributed by atoms with E-state index in [1.807, 2.05) is 6.92 Å². The fraction of sp³-hybridized carbons (Fsp3) is 0.667. The second kappa shape index (κ2) is 1.52. The lowest BCUT2D eigenvalue weighted by atomic mass is 9.75. The zero-order chi connectivity index (χ0) is 6.36. The fourth-order valence-corrected chi connectivity index (χ4v) is 1.20. The van der Waals surface area contributed by atoms with Gasteiger partial charge in [0.05, 0.1) is 0 Å². The van der Waals surface area contributed by atoms with Gasteiger partial charge < -0.3 is 5.73 Å². The number of thiol groups is 1. The Morgan fingerprint density at radius 1 is 2.00 bits per heavy atom. The lowest BCUT2D eigenvalue weighted by Gasteiger charge is -2.43. The van der Waals surface area contributed by atoms with E-state index < -0.39 is 0 Å². The van der Waals surface area contributed by atoms with Crippen LogP contribution in [0.3, 0.4) is 0 Å². The van der Waals surface area contributed by atoms with Crippen LogP contribution in [-0.2, 0) is 0 Å². The first-order valence-electron chi connectivity index (χ1n) is 2.68. The Labute approximate surface area is 55.4 Å². The van der Waals surface area contributed by atoms with E-state index in [0.717, 1.165) is 6.42 Å². The first kappa shape index (κ1) is 6.17. The number of rotatable bonds is 0. The lowest BCUT2D eigenvalue weighted by Crippen LogP contribution is -2.55. The van der Waals surface area contributed by atoms with Crippen molar-refractivity contribution < 1.29 is 0 Å². The van der Waals surface area contributed by atoms with Gasteiger partial charge in [-0.15, -0.1) is 0 Å². The summed E-state index contributed by atoms with van der Waals surface area (Å²) in [6.07, 6.45) is 0.932. The van der Waals surface area contributed by atoms with E-state index in [1.54, 1.807) is 0 Å². The molecule has 0 radical (unpaired) electrons. The van der Waals surface area contributed by atoms with E-state index in [9.17, 15) is 0 Å². The predicted molar refractivity (Wildman–Crippen MR) is 39.1 cm³/mol. The Kier molecular flexibility index (Phi) is 1.17. The van der Waals surface area contributed by atoms with E-state index in [4.69, 9.17) is 5.73 Å². The van der Waals surface area contributed by atoms with Crippen LogP contribution in [0.1, 0.15) is 13.3 Å². The molecule has 0 aromatic carbocycles. The van der Waals surface area contributed by atoms with E-state index in [2.05, 4.69) is 19.2 Å². The monoisotopic (exact) mass is 129 g/mol. The van der Waals surface area contributed by atoms with Crippen LogP contribution in [0.5, 0.6) is 0 Å². The second-order valence-corrected chi connectivity index (χ2v) is 3.26. The molecule has 0 heterocycles. The van der Waals surface area contributed by atoms with Crippen molar-refractivity contribution in [3.63, 3.8) is 0 Å². The highest BCUT2D eigenvalue weighted by Gasteiger charge is 2.39. The molecular formula is C6H11NS. The molecular weight excluding hydrogens is 118 g/mol. The predicted octanol–water partition coefficient (Wildman–Crippen LogP) is 0.962. The van der Waals surface area contributed by atoms with Crippen LogP contribution in [0.25, 0.3) is 0 Å². The van der Waals surface area contributed by atoms with E-state index in [0.29, 0.717) is 0 Å². The zero-order valence-electron chi connectivity index (χ0n) is 5.02. The van der Waals surface area contributed by atoms with Crippen molar-refractivity contribution in [1.29, 1.82) is 0 Å². The molecule has 2 unspecified atom stereocenters. The minimum Gasteiger partial charge on any atom is -0.324 e. The van der Waals surface area contributed by atoms with E-state index in [-0.39, 0.29) is 10.8 Å². The quantitative estimate of drug-likeness (QED) is 0.370. The average molecular weight is 129 g/mol. The Hall–Kier alpha value is 0.0500. The van der Waals surface area contributed by atoms with Crippen molar-refractivity contribution in [1.82, 2.24) is 0 Å². The molecule has 1 nitrogen and oxygen atoms in total. The normalized spacial score (nSPS) is 46.4. The molecule has 1 fully saturated rings. The summed E-state index contributed by atoms with van der Waals surface area (Å²) < 4.78 is 0. The minimum atomic E-state index is -0.0831. The largest absolute Gasteiger partial charge is 0.324 e. The van der Waals surface area contributed by atoms with Crippen molar-refractivity contribution in [2.75, 3.05) is 0 Å². The summed E-state index contributed by atoms with van der Waals surface area (Å²) in [7, 11) is 0. The zero-order valence-corrected chi connectivity index (χ0v) is 5.91. The summed E-state index contributed by atoms with van der Waals surface area (Å²) >= 11 is 4.24. The summed E-state index contributed by atoms with van der Waals surface area (Å²) in [6, 6.07) is 0. The average Bonchev–Trinajstić information content (AvgIpc) is 1.65. The highest BCUT2D eigenvalue weighted by Crippen LogP contribution is 2.37. The summed E-state index contributed by atoms with van der Waals surface area (Å²) in [5, 5.41) is 0.225. The molecule has 1 rings (SSSR count). The molecule has 0 amide bonds. The van der Waals surface area contributed by atoms with Crippen molar-refractivity contribution in [2.24, 2.45) is 5.73 Å². The van der Waals surface area contributed by atoms with Crippen molar-refractivity contribution >= 4 is 12.6 Å². The first-order valence-corrected chi connectivity index (χ1v) is 3.20. The molecule has 0 aromatic rings. The number of hydrogen-bond donors (Lipinski definition) is 2. The van der Waals surface area contributed by atoms with Gasteiger partial charge in [0.2, 0.25) is 0 Å². The Bertz CT molecular complexity index is 128. The topological polar surface area (TPSA) is 26.0 Å². The second-order valence-electron chi connectivity index (χ2n) is 2.74. The van der Waals surface area contributed by atoms with Gasteiger partial charge in [-0.1, -0.05) is 12.2 Å². The van der Waals surface area contributed by atoms with Crippen molar-refractivity contribution in [2.45, 2.75) is 24.1 Å². The maximum absolute atomic E-state index is 5.72. The third-order valence-electron chi connectivity index (χ3n) is 1.62. The van der Waals surface area contributed by atoms with Crippen LogP contribution in [0.15, 0.2) is 12.2 Å². The molecule has 2 atom stereocenters. The Morgan fingerprint density at radius 3 is 2.50 bits per heavy atom. The third-order valence-corrected chi connectivity index (χ3v) is 2.57. The Balaban J connectivity index is 2.60. The highest BCUT2D eigenvalue weighted by atomic mass is 32.1. The number of hydrogen-bond acceptors (Lipinski definition) is 2. The lowest BCUT2D eigenvalue weighted by molar-refractivity contribution is 0.385. The standard InChI is InChI=1S/C6H11NS/c1-4-3-6(2,7)5(4)8/h5,8H,1,3,7H2,2H3. The highest BCUT2D eigenvalue weighted by molar-refractivity contribution is 7.81. The molecule has 0 aromatic heterocycles. The van der Waals surface area contributed by atoms with Gasteiger partial charge in [0, 0.05) is 10.8 Å². The summed E-state index contributed by atoms with van der Waals surface area (Å²) in [4.78, 5) is 0. The molecule has 1 aliphatic rings. The van der Waals surface area contributed by atoms with Gasteiger partial charge in [-0.25, -0.2) is 0 Å². The smallest absolute Gasteiger partial charge is 0.0404 e. The molecule has 1 saturated carbocycles. The van der Waals surface area contributed by atoms with Crippen LogP contribution in [0.4, 0.5) is 0 Å². The van der Waals surface area contributed by atoms with Crippen LogP contribution < -0.4 is 5.73 Å². The maximum atomic E-state index is 5.72. The molecule has 46 valence electrons. The van der Waals surface area contributed by atoms with Gasteiger partial charge in [0.1, 0.15) is 0 Å². The third kappa shape index (κ3) is 0.681. The van der Waals surface area contributed by atoms with Crippen LogP contribution in [0, 0.1) is 0 Å². The van der Waals surface area contributed by atoms with Gasteiger partial charge in [0.25, 0.3) is 0 Å². The minimum absolute atomic E-state index is 0.0831. The molecule has 0 bridgehead atoms. The number of nitrogens with two attached hydrogens (primary N) is 1. The fourth-order valence-electron chi connectivity index (χ4n) is 1.02. The van der Waals surface area contributed by atoms with Gasteiger partial charge in [0.15, 0.2) is 0 Å². The van der Waals surface area contributed by atoms with Crippen molar-refractivity contribution in [3.8, 4) is 0 Å². The van der Waals surface area contributed by atoms with E-state index >= 15 is 0 Å². The molecule has 0 saturated heterocycles. The molecule has 1 aliphatic carbocycles. The van der Waals surface area contributed by atoms with Gasteiger partial charge >= 0.3 is 0 Å². The first-order chi connectivity index (χ1) is 3.54. The molecule has 2 heteroatoms. The van der Waals surface area contributed by atoms with Crippen molar-refractivity contribution in [3.05, 3.63) is 12.2 Å². The molecule has 0 spiro atoms. The van der Waals surface area contributed by atoms with Crippen LogP contribution in [0.2, 0.25) is 0 Å². The van der Waals surface area contributed by atoms with Gasteiger partial charge in [-0.05, 0) is 13.3 Å². The molecule has 2 N–H and O–H groups in total. The molecule has 8 heavy (non-hydrogen) atoms. The maximum Gasteiger partial charge on any atom is 0.0404 e. The molecule has 0 aliphatic heterocycles. The van der Waals surface area contributed by atoms with Gasteiger partial charge in [-0.2, -0.15) is 12.6 Å². The summed E-state index contributed by atoms with van der Waals surface area (Å²) in [6.45, 7) is 5.78. The summed E-state index contributed by atoms with van der Waals surface area (Å²) in [5.74, 6) is 0. The van der Waals surface area contributed by atoms with Crippen LogP contribution in [-0.4, -0.2) is 10.8 Å². The SMILES string of the molecule is C=C1CC(C)(N)C1S. The Morgan fingerprint density at radius 2 is 2.50 bits per heavy atom. The van der Waals surface area contributed by atoms with Gasteiger partial charge in [-0.3, -0.25) is 0 Å².